The summed E-state index contributed by atoms with van der Waals surface area (Å²) in [5.74, 6) is 0.561. The van der Waals surface area contributed by atoms with Crippen LogP contribution in [0.15, 0.2) is 30.3 Å². The molecule has 2 fully saturated rings. The summed E-state index contributed by atoms with van der Waals surface area (Å²) in [5, 5.41) is 3.33. The lowest BCUT2D eigenvalue weighted by atomic mass is 9.94. The molecule has 2 unspecified atom stereocenters. The molecule has 25 heavy (non-hydrogen) atoms. The minimum atomic E-state index is 0. The standard InChI is InChI=1S/C19H29N3O.2ClH/c1-20-18-10-6-12-22(15-18)19(23)17-9-5-11-21(14-17)13-16-7-3-2-4-8-16;;/h2-4,7-8,17-18,20H,5-6,9-15H2,1H3;2*1H. The van der Waals surface area contributed by atoms with Crippen molar-refractivity contribution in [3.8, 4) is 0 Å². The van der Waals surface area contributed by atoms with Gasteiger partial charge >= 0.3 is 0 Å². The Morgan fingerprint density at radius 1 is 1.08 bits per heavy atom. The first-order valence-electron chi connectivity index (χ1n) is 8.98. The summed E-state index contributed by atoms with van der Waals surface area (Å²) in [6, 6.07) is 11.1. The molecule has 2 heterocycles. The van der Waals surface area contributed by atoms with E-state index in [2.05, 4.69) is 45.4 Å². The number of nitrogens with zero attached hydrogens (tertiary/aromatic N) is 2. The fraction of sp³-hybridized carbons (Fsp3) is 0.632. The number of nitrogens with one attached hydrogen (secondary N) is 1. The Morgan fingerprint density at radius 3 is 2.52 bits per heavy atom. The SMILES string of the molecule is CNC1CCCN(C(=O)C2CCCN(Cc3ccccc3)C2)C1.Cl.Cl. The molecule has 0 spiro atoms. The molecule has 0 saturated carbocycles. The van der Waals surface area contributed by atoms with Gasteiger partial charge < -0.3 is 10.2 Å². The van der Waals surface area contributed by atoms with E-state index in [1.807, 2.05) is 7.05 Å². The van der Waals surface area contributed by atoms with Crippen molar-refractivity contribution < 1.29 is 4.79 Å². The maximum absolute atomic E-state index is 12.9. The molecule has 2 aliphatic heterocycles. The predicted molar refractivity (Wildman–Crippen MR) is 108 cm³/mol. The van der Waals surface area contributed by atoms with Crippen molar-refractivity contribution >= 4 is 30.7 Å². The Morgan fingerprint density at radius 2 is 1.80 bits per heavy atom. The second-order valence-corrected chi connectivity index (χ2v) is 6.97. The maximum atomic E-state index is 12.9. The number of hydrogen-bond donors (Lipinski definition) is 1. The van der Waals surface area contributed by atoms with E-state index in [1.165, 1.54) is 12.0 Å². The number of rotatable bonds is 4. The van der Waals surface area contributed by atoms with E-state index in [1.54, 1.807) is 0 Å². The molecular formula is C19H31Cl2N3O. The van der Waals surface area contributed by atoms with Crippen LogP contribution < -0.4 is 5.32 Å². The second-order valence-electron chi connectivity index (χ2n) is 6.97. The van der Waals surface area contributed by atoms with Crippen molar-refractivity contribution in [1.29, 1.82) is 0 Å². The van der Waals surface area contributed by atoms with Gasteiger partial charge in [0.25, 0.3) is 0 Å². The summed E-state index contributed by atoms with van der Waals surface area (Å²) in [4.78, 5) is 17.4. The normalized spacial score (nSPS) is 24.1. The maximum Gasteiger partial charge on any atom is 0.227 e. The van der Waals surface area contributed by atoms with Gasteiger partial charge in [-0.3, -0.25) is 9.69 Å². The number of amides is 1. The van der Waals surface area contributed by atoms with Gasteiger partial charge in [-0.15, -0.1) is 24.8 Å². The predicted octanol–water partition coefficient (Wildman–Crippen LogP) is 2.95. The van der Waals surface area contributed by atoms with Gasteiger partial charge in [-0.2, -0.15) is 0 Å². The van der Waals surface area contributed by atoms with E-state index < -0.39 is 0 Å². The topological polar surface area (TPSA) is 35.6 Å². The molecule has 0 aliphatic carbocycles. The third kappa shape index (κ3) is 6.14. The van der Waals surface area contributed by atoms with E-state index in [4.69, 9.17) is 0 Å². The van der Waals surface area contributed by atoms with E-state index in [0.717, 1.165) is 52.0 Å². The van der Waals surface area contributed by atoms with Crippen molar-refractivity contribution in [2.24, 2.45) is 5.92 Å². The van der Waals surface area contributed by atoms with Crippen LogP contribution in [0.1, 0.15) is 31.2 Å². The third-order valence-electron chi connectivity index (χ3n) is 5.25. The highest BCUT2D eigenvalue weighted by Crippen LogP contribution is 2.22. The van der Waals surface area contributed by atoms with Crippen LogP contribution in [0.4, 0.5) is 0 Å². The molecule has 4 nitrogen and oxygen atoms in total. The first-order valence-corrected chi connectivity index (χ1v) is 8.98. The molecule has 2 aliphatic rings. The minimum Gasteiger partial charge on any atom is -0.341 e. The Balaban J connectivity index is 0.00000156. The summed E-state index contributed by atoms with van der Waals surface area (Å²) in [6.07, 6.45) is 4.49. The molecule has 1 aromatic carbocycles. The second kappa shape index (κ2) is 11.0. The van der Waals surface area contributed by atoms with Crippen molar-refractivity contribution in [3.05, 3.63) is 35.9 Å². The van der Waals surface area contributed by atoms with Crippen LogP contribution in [0.25, 0.3) is 0 Å². The van der Waals surface area contributed by atoms with Gasteiger partial charge in [0.1, 0.15) is 0 Å². The van der Waals surface area contributed by atoms with Crippen molar-refractivity contribution in [1.82, 2.24) is 15.1 Å². The third-order valence-corrected chi connectivity index (χ3v) is 5.25. The first kappa shape index (κ1) is 22.2. The molecule has 0 aromatic heterocycles. The highest BCUT2D eigenvalue weighted by Gasteiger charge is 2.31. The van der Waals surface area contributed by atoms with Crippen LogP contribution >= 0.6 is 24.8 Å². The lowest BCUT2D eigenvalue weighted by Crippen LogP contribution is -2.51. The fourth-order valence-electron chi connectivity index (χ4n) is 3.91. The monoisotopic (exact) mass is 387 g/mol. The summed E-state index contributed by atoms with van der Waals surface area (Å²) < 4.78 is 0. The first-order chi connectivity index (χ1) is 11.3. The number of carbonyl (C=O) groups excluding carboxylic acids is 1. The van der Waals surface area contributed by atoms with E-state index in [9.17, 15) is 4.79 Å². The van der Waals surface area contributed by atoms with Crippen molar-refractivity contribution in [2.45, 2.75) is 38.3 Å². The highest BCUT2D eigenvalue weighted by molar-refractivity contribution is 5.85. The van der Waals surface area contributed by atoms with Crippen LogP contribution in [0.2, 0.25) is 0 Å². The van der Waals surface area contributed by atoms with Crippen molar-refractivity contribution in [2.75, 3.05) is 33.2 Å². The smallest absolute Gasteiger partial charge is 0.227 e. The Kier molecular flexibility index (Phi) is 9.80. The molecule has 6 heteroatoms. The lowest BCUT2D eigenvalue weighted by Gasteiger charge is -2.38. The molecule has 1 amide bonds. The molecule has 142 valence electrons. The lowest BCUT2D eigenvalue weighted by molar-refractivity contribution is -0.138. The molecule has 2 saturated heterocycles. The number of benzene rings is 1. The molecular weight excluding hydrogens is 357 g/mol. The van der Waals surface area contributed by atoms with Gasteiger partial charge in [-0.05, 0) is 44.8 Å². The summed E-state index contributed by atoms with van der Waals surface area (Å²) in [5.41, 5.74) is 1.34. The fourth-order valence-corrected chi connectivity index (χ4v) is 3.91. The molecule has 0 radical (unpaired) electrons. The average molecular weight is 388 g/mol. The largest absolute Gasteiger partial charge is 0.341 e. The van der Waals surface area contributed by atoms with Gasteiger partial charge in [-0.25, -0.2) is 0 Å². The van der Waals surface area contributed by atoms with E-state index in [0.29, 0.717) is 11.9 Å². The van der Waals surface area contributed by atoms with Gasteiger partial charge in [0.05, 0.1) is 5.92 Å². The molecule has 3 rings (SSSR count). The summed E-state index contributed by atoms with van der Waals surface area (Å²) >= 11 is 0. The molecule has 1 aromatic rings. The molecule has 1 N–H and O–H groups in total. The minimum absolute atomic E-state index is 0. The number of halogens is 2. The zero-order valence-corrected chi connectivity index (χ0v) is 16.7. The average Bonchev–Trinajstić information content (AvgIpc) is 2.62. The number of carbonyl (C=O) groups is 1. The Hall–Kier alpha value is -0.810. The number of hydrogen-bond acceptors (Lipinski definition) is 3. The quantitative estimate of drug-likeness (QED) is 0.862. The van der Waals surface area contributed by atoms with Crippen LogP contribution in [-0.2, 0) is 11.3 Å². The van der Waals surface area contributed by atoms with Crippen LogP contribution in [0, 0.1) is 5.92 Å². The zero-order chi connectivity index (χ0) is 16.1. The van der Waals surface area contributed by atoms with Crippen molar-refractivity contribution in [3.63, 3.8) is 0 Å². The van der Waals surface area contributed by atoms with E-state index >= 15 is 0 Å². The number of likely N-dealkylation sites (tertiary alicyclic amines) is 2. The Labute approximate surface area is 164 Å². The van der Waals surface area contributed by atoms with Gasteiger partial charge in [0.15, 0.2) is 0 Å². The number of piperidine rings is 2. The van der Waals surface area contributed by atoms with Crippen LogP contribution in [0.5, 0.6) is 0 Å². The van der Waals surface area contributed by atoms with Crippen LogP contribution in [0.3, 0.4) is 0 Å². The zero-order valence-electron chi connectivity index (χ0n) is 15.0. The molecule has 2 atom stereocenters. The Bertz CT molecular complexity index is 515. The highest BCUT2D eigenvalue weighted by atomic mass is 35.5. The number of likely N-dealkylation sites (N-methyl/N-ethyl adjacent to an activating group) is 1. The van der Waals surface area contributed by atoms with Gasteiger partial charge in [-0.1, -0.05) is 30.3 Å². The summed E-state index contributed by atoms with van der Waals surface area (Å²) in [7, 11) is 2.00. The van der Waals surface area contributed by atoms with E-state index in [-0.39, 0.29) is 30.7 Å². The van der Waals surface area contributed by atoms with Gasteiger partial charge in [0, 0.05) is 32.2 Å². The van der Waals surface area contributed by atoms with Crippen LogP contribution in [-0.4, -0.2) is 55.0 Å². The van der Waals surface area contributed by atoms with Gasteiger partial charge in [0.2, 0.25) is 5.91 Å². The summed E-state index contributed by atoms with van der Waals surface area (Å²) in [6.45, 7) is 4.80. The molecule has 0 bridgehead atoms.